The summed E-state index contributed by atoms with van der Waals surface area (Å²) in [7, 11) is 0. The predicted molar refractivity (Wildman–Crippen MR) is 123 cm³/mol. The van der Waals surface area contributed by atoms with Gasteiger partial charge in [-0.15, -0.1) is 0 Å². The second-order valence-corrected chi connectivity index (χ2v) is 9.38. The highest BCUT2D eigenvalue weighted by Gasteiger charge is 2.36. The molecule has 0 spiro atoms. The SMILES string of the molecule is C=C(C)C(O)[C@H]1CC[C@@H](N2CC(NC(=O)CNc3ncnc4ccc(C(F)(F)F)cc34)C2)CC1. The van der Waals surface area contributed by atoms with E-state index in [1.54, 1.807) is 0 Å². The summed E-state index contributed by atoms with van der Waals surface area (Å²) in [6.07, 6.45) is 0.347. The Kier molecular flexibility index (Phi) is 7.09. The number of aliphatic hydroxyl groups excluding tert-OH is 1. The lowest BCUT2D eigenvalue weighted by atomic mass is 9.79. The standard InChI is InChI=1S/C24H30F3N5O2/c1-14(2)22(34)15-3-6-18(7-4-15)32-11-17(12-32)31-21(33)10-28-23-19-9-16(24(25,26)27)5-8-20(19)29-13-30-23/h5,8-9,13,15,17-18,22,34H,1,3-4,6-7,10-12H2,2H3,(H,31,33)(H,28,29,30)/t15-,18+,22?. The predicted octanol–water partition coefficient (Wildman–Crippen LogP) is 3.36. The number of halogens is 3. The largest absolute Gasteiger partial charge is 0.416 e. The number of nitrogens with one attached hydrogen (secondary N) is 2. The molecule has 2 fully saturated rings. The minimum Gasteiger partial charge on any atom is -0.388 e. The zero-order chi connectivity index (χ0) is 24.5. The van der Waals surface area contributed by atoms with E-state index in [0.717, 1.165) is 56.5 Å². The molecule has 10 heteroatoms. The average Bonchev–Trinajstić information content (AvgIpc) is 2.78. The molecule has 1 saturated carbocycles. The van der Waals surface area contributed by atoms with Gasteiger partial charge in [0, 0.05) is 24.5 Å². The van der Waals surface area contributed by atoms with Crippen LogP contribution in [0.2, 0.25) is 0 Å². The van der Waals surface area contributed by atoms with Crippen molar-refractivity contribution in [2.45, 2.75) is 57.0 Å². The molecule has 1 saturated heterocycles. The summed E-state index contributed by atoms with van der Waals surface area (Å²) in [5.74, 6) is 0.230. The van der Waals surface area contributed by atoms with Crippen molar-refractivity contribution in [1.29, 1.82) is 0 Å². The number of aromatic nitrogens is 2. The average molecular weight is 478 g/mol. The van der Waals surface area contributed by atoms with Gasteiger partial charge in [0.05, 0.1) is 29.8 Å². The number of anilines is 1. The van der Waals surface area contributed by atoms with Crippen LogP contribution >= 0.6 is 0 Å². The van der Waals surface area contributed by atoms with E-state index in [9.17, 15) is 23.1 Å². The highest BCUT2D eigenvalue weighted by molar-refractivity contribution is 5.91. The Balaban J connectivity index is 1.24. The Morgan fingerprint density at radius 1 is 1.24 bits per heavy atom. The highest BCUT2D eigenvalue weighted by atomic mass is 19.4. The van der Waals surface area contributed by atoms with Crippen LogP contribution in [0.25, 0.3) is 10.9 Å². The Labute approximate surface area is 196 Å². The van der Waals surface area contributed by atoms with Crippen LogP contribution in [0.3, 0.4) is 0 Å². The lowest BCUT2D eigenvalue weighted by Gasteiger charge is -2.47. The third-order valence-electron chi connectivity index (χ3n) is 6.86. The summed E-state index contributed by atoms with van der Waals surface area (Å²) in [4.78, 5) is 22.8. The second-order valence-electron chi connectivity index (χ2n) is 9.38. The van der Waals surface area contributed by atoms with Gasteiger partial charge in [-0.2, -0.15) is 13.2 Å². The molecule has 2 aliphatic rings. The summed E-state index contributed by atoms with van der Waals surface area (Å²) >= 11 is 0. The molecule has 1 amide bonds. The summed E-state index contributed by atoms with van der Waals surface area (Å²) < 4.78 is 39.2. The van der Waals surface area contributed by atoms with Crippen LogP contribution in [0, 0.1) is 5.92 Å². The van der Waals surface area contributed by atoms with Crippen LogP contribution in [0.1, 0.15) is 38.2 Å². The van der Waals surface area contributed by atoms with E-state index >= 15 is 0 Å². The normalized spacial score (nSPS) is 22.7. The van der Waals surface area contributed by atoms with Gasteiger partial charge < -0.3 is 15.7 Å². The molecule has 4 rings (SSSR count). The molecule has 3 N–H and O–H groups in total. The maximum Gasteiger partial charge on any atom is 0.416 e. The Bertz CT molecular complexity index is 1050. The van der Waals surface area contributed by atoms with E-state index in [4.69, 9.17) is 0 Å². The minimum absolute atomic E-state index is 0.0482. The quantitative estimate of drug-likeness (QED) is 0.530. The van der Waals surface area contributed by atoms with Crippen LogP contribution in [-0.2, 0) is 11.0 Å². The molecular weight excluding hydrogens is 447 g/mol. The number of benzene rings is 1. The number of likely N-dealkylation sites (tertiary alicyclic amines) is 1. The van der Waals surface area contributed by atoms with Crippen molar-refractivity contribution in [1.82, 2.24) is 20.2 Å². The summed E-state index contributed by atoms with van der Waals surface area (Å²) in [6, 6.07) is 3.77. The minimum atomic E-state index is -4.47. The Hall–Kier alpha value is -2.72. The van der Waals surface area contributed by atoms with Gasteiger partial charge in [0.25, 0.3) is 0 Å². The van der Waals surface area contributed by atoms with Crippen LogP contribution < -0.4 is 10.6 Å². The topological polar surface area (TPSA) is 90.4 Å². The molecule has 1 aliphatic carbocycles. The second kappa shape index (κ2) is 9.87. The lowest BCUT2D eigenvalue weighted by molar-refractivity contribution is -0.137. The molecule has 0 radical (unpaired) electrons. The first-order chi connectivity index (χ1) is 16.1. The monoisotopic (exact) mass is 477 g/mol. The first kappa shape index (κ1) is 24.4. The van der Waals surface area contributed by atoms with E-state index in [0.29, 0.717) is 11.6 Å². The van der Waals surface area contributed by atoms with Crippen molar-refractivity contribution in [3.05, 3.63) is 42.2 Å². The van der Waals surface area contributed by atoms with E-state index < -0.39 is 17.8 Å². The van der Waals surface area contributed by atoms with Crippen molar-refractivity contribution in [3.8, 4) is 0 Å². The van der Waals surface area contributed by atoms with Crippen LogP contribution in [0.15, 0.2) is 36.7 Å². The number of carbonyl (C=O) groups excluding carboxylic acids is 1. The first-order valence-corrected chi connectivity index (χ1v) is 11.5. The fraction of sp³-hybridized carbons (Fsp3) is 0.542. The first-order valence-electron chi connectivity index (χ1n) is 11.5. The maximum atomic E-state index is 13.1. The molecule has 0 bridgehead atoms. The number of nitrogens with zero attached hydrogens (tertiary/aromatic N) is 3. The number of hydrogen-bond acceptors (Lipinski definition) is 6. The van der Waals surface area contributed by atoms with Crippen molar-refractivity contribution in [2.75, 3.05) is 25.0 Å². The van der Waals surface area contributed by atoms with Gasteiger partial charge >= 0.3 is 6.18 Å². The molecule has 1 atom stereocenters. The van der Waals surface area contributed by atoms with Gasteiger partial charge in [0.2, 0.25) is 5.91 Å². The number of alkyl halides is 3. The Morgan fingerprint density at radius 2 is 1.94 bits per heavy atom. The molecule has 1 aromatic heterocycles. The van der Waals surface area contributed by atoms with Crippen molar-refractivity contribution >= 4 is 22.6 Å². The van der Waals surface area contributed by atoms with Crippen molar-refractivity contribution in [2.24, 2.45) is 5.92 Å². The number of carbonyl (C=O) groups is 1. The number of amides is 1. The smallest absolute Gasteiger partial charge is 0.388 e. The summed E-state index contributed by atoms with van der Waals surface area (Å²) in [5, 5.41) is 16.2. The van der Waals surface area contributed by atoms with Gasteiger partial charge in [0.15, 0.2) is 0 Å². The van der Waals surface area contributed by atoms with Gasteiger partial charge in [-0.3, -0.25) is 9.69 Å². The van der Waals surface area contributed by atoms with Crippen LogP contribution in [0.5, 0.6) is 0 Å². The van der Waals surface area contributed by atoms with Gasteiger partial charge in [-0.05, 0) is 56.7 Å². The van der Waals surface area contributed by atoms with Gasteiger partial charge in [-0.1, -0.05) is 12.2 Å². The Morgan fingerprint density at radius 3 is 2.59 bits per heavy atom. The van der Waals surface area contributed by atoms with Crippen LogP contribution in [-0.4, -0.2) is 63.7 Å². The van der Waals surface area contributed by atoms with E-state index in [-0.39, 0.29) is 35.6 Å². The zero-order valence-corrected chi connectivity index (χ0v) is 19.1. The fourth-order valence-electron chi connectivity index (χ4n) is 4.90. The molecule has 34 heavy (non-hydrogen) atoms. The van der Waals surface area contributed by atoms with E-state index in [2.05, 4.69) is 32.1 Å². The number of aliphatic hydroxyl groups is 1. The van der Waals surface area contributed by atoms with Crippen LogP contribution in [0.4, 0.5) is 19.0 Å². The fourth-order valence-corrected chi connectivity index (χ4v) is 4.90. The molecule has 1 aromatic carbocycles. The van der Waals surface area contributed by atoms with E-state index in [1.807, 2.05) is 6.92 Å². The number of fused-ring (bicyclic) bond motifs is 1. The van der Waals surface area contributed by atoms with E-state index in [1.165, 1.54) is 12.4 Å². The third kappa shape index (κ3) is 5.50. The molecule has 7 nitrogen and oxygen atoms in total. The molecule has 2 aromatic rings. The highest BCUT2D eigenvalue weighted by Crippen LogP contribution is 2.34. The van der Waals surface area contributed by atoms with Crippen molar-refractivity contribution < 1.29 is 23.1 Å². The molecule has 184 valence electrons. The lowest BCUT2D eigenvalue weighted by Crippen LogP contribution is -2.63. The van der Waals surface area contributed by atoms with Crippen molar-refractivity contribution in [3.63, 3.8) is 0 Å². The molecular formula is C24H30F3N5O2. The zero-order valence-electron chi connectivity index (χ0n) is 19.1. The number of hydrogen-bond donors (Lipinski definition) is 3. The maximum absolute atomic E-state index is 13.1. The summed E-state index contributed by atoms with van der Waals surface area (Å²) in [6.45, 7) is 7.17. The third-order valence-corrected chi connectivity index (χ3v) is 6.86. The molecule has 1 aliphatic heterocycles. The molecule has 2 heterocycles. The van der Waals surface area contributed by atoms with Gasteiger partial charge in [-0.25, -0.2) is 9.97 Å². The van der Waals surface area contributed by atoms with Gasteiger partial charge in [0.1, 0.15) is 12.1 Å². The molecule has 1 unspecified atom stereocenters. The summed E-state index contributed by atoms with van der Waals surface area (Å²) in [5.41, 5.74) is 0.394. The number of rotatable bonds is 7.